The van der Waals surface area contributed by atoms with Crippen molar-refractivity contribution in [2.45, 2.75) is 6.10 Å². The third kappa shape index (κ3) is 5.13. The van der Waals surface area contributed by atoms with Gasteiger partial charge in [-0.15, -0.1) is 0 Å². The molecule has 8 heteroatoms. The maximum Gasteiger partial charge on any atom is 0.247 e. The van der Waals surface area contributed by atoms with E-state index in [-0.39, 0.29) is 0 Å². The molecule has 0 rings (SSSR count). The van der Waals surface area contributed by atoms with Gasteiger partial charge in [0, 0.05) is 6.54 Å². The Balaban J connectivity index is 4.04. The number of nitrogens with zero attached hydrogens (tertiary/aromatic N) is 1. The molecule has 0 spiro atoms. The number of carbonyl (C=O) groups excluding carboxylic acids is 1. The van der Waals surface area contributed by atoms with Gasteiger partial charge in [-0.2, -0.15) is 5.26 Å². The second kappa shape index (κ2) is 4.76. The third-order valence-electron chi connectivity index (χ3n) is 1.08. The molecule has 1 unspecified atom stereocenters. The van der Waals surface area contributed by atoms with Crippen LogP contribution in [0.1, 0.15) is 0 Å². The molecule has 0 aliphatic rings. The summed E-state index contributed by atoms with van der Waals surface area (Å²) in [5, 5.41) is 16.8. The number of hydrogen-bond acceptors (Lipinski definition) is 5. The van der Waals surface area contributed by atoms with E-state index in [9.17, 15) is 13.2 Å². The van der Waals surface area contributed by atoms with Crippen molar-refractivity contribution in [2.24, 2.45) is 5.73 Å². The summed E-state index contributed by atoms with van der Waals surface area (Å²) in [5.41, 5.74) is 4.65. The van der Waals surface area contributed by atoms with Crippen LogP contribution in [0, 0.1) is 11.3 Å². The van der Waals surface area contributed by atoms with Gasteiger partial charge in [-0.05, 0) is 0 Å². The monoisotopic (exact) mass is 207 g/mol. The molecule has 0 bridgehead atoms. The van der Waals surface area contributed by atoms with E-state index in [1.807, 2.05) is 4.72 Å². The number of nitrogens with two attached hydrogens (primary N) is 1. The highest BCUT2D eigenvalue weighted by Crippen LogP contribution is 1.84. The molecule has 0 aromatic heterocycles. The minimum atomic E-state index is -3.74. The fourth-order valence-corrected chi connectivity index (χ4v) is 1.13. The summed E-state index contributed by atoms with van der Waals surface area (Å²) in [6.07, 6.45) is -1.58. The standard InChI is InChI=1S/C5H9N3O4S/c6-1-2-13(11,12)8-3-4(9)5(7)10/h4,8-9H,2-3H2,(H2,7,10). The Hall–Kier alpha value is -1.17. The van der Waals surface area contributed by atoms with Crippen LogP contribution >= 0.6 is 0 Å². The number of carbonyl (C=O) groups is 1. The topological polar surface area (TPSA) is 133 Å². The van der Waals surface area contributed by atoms with Crippen molar-refractivity contribution in [3.05, 3.63) is 0 Å². The van der Waals surface area contributed by atoms with E-state index < -0.39 is 34.3 Å². The number of primary amides is 1. The predicted octanol–water partition coefficient (Wildman–Crippen LogP) is -2.72. The molecule has 0 heterocycles. The van der Waals surface area contributed by atoms with Gasteiger partial charge >= 0.3 is 0 Å². The van der Waals surface area contributed by atoms with Crippen LogP contribution < -0.4 is 10.5 Å². The minimum Gasteiger partial charge on any atom is -0.382 e. The maximum absolute atomic E-state index is 10.8. The molecule has 4 N–H and O–H groups in total. The maximum atomic E-state index is 10.8. The van der Waals surface area contributed by atoms with Gasteiger partial charge in [-0.25, -0.2) is 13.1 Å². The average Bonchev–Trinajstić information content (AvgIpc) is 2.00. The second-order valence-corrected chi connectivity index (χ2v) is 3.99. The van der Waals surface area contributed by atoms with Gasteiger partial charge in [-0.3, -0.25) is 4.79 Å². The molecule has 0 aliphatic carbocycles. The molecule has 0 saturated heterocycles. The zero-order chi connectivity index (χ0) is 10.5. The van der Waals surface area contributed by atoms with Crippen molar-refractivity contribution in [1.82, 2.24) is 4.72 Å². The van der Waals surface area contributed by atoms with Crippen molar-refractivity contribution < 1.29 is 18.3 Å². The van der Waals surface area contributed by atoms with Crippen molar-refractivity contribution >= 4 is 15.9 Å². The number of aliphatic hydroxyl groups excluding tert-OH is 1. The van der Waals surface area contributed by atoms with Gasteiger partial charge in [0.1, 0.15) is 6.10 Å². The van der Waals surface area contributed by atoms with Crippen LogP contribution in [0.2, 0.25) is 0 Å². The van der Waals surface area contributed by atoms with Crippen molar-refractivity contribution in [2.75, 3.05) is 12.3 Å². The molecule has 74 valence electrons. The van der Waals surface area contributed by atoms with E-state index in [0.717, 1.165) is 0 Å². The molecule has 0 radical (unpaired) electrons. The first-order chi connectivity index (χ1) is 5.89. The third-order valence-corrected chi connectivity index (χ3v) is 2.20. The quantitative estimate of drug-likeness (QED) is 0.450. The van der Waals surface area contributed by atoms with Crippen LogP contribution in [0.25, 0.3) is 0 Å². The zero-order valence-corrected chi connectivity index (χ0v) is 7.41. The molecular formula is C5H9N3O4S. The molecule has 1 atom stereocenters. The molecule has 0 aromatic rings. The molecular weight excluding hydrogens is 198 g/mol. The fraction of sp³-hybridized carbons (Fsp3) is 0.600. The largest absolute Gasteiger partial charge is 0.382 e. The Bertz CT molecular complexity index is 317. The van der Waals surface area contributed by atoms with Crippen LogP contribution in [0.5, 0.6) is 0 Å². The Morgan fingerprint density at radius 3 is 2.62 bits per heavy atom. The van der Waals surface area contributed by atoms with Crippen molar-refractivity contribution in [3.63, 3.8) is 0 Å². The molecule has 1 amide bonds. The van der Waals surface area contributed by atoms with Gasteiger partial charge in [0.15, 0.2) is 5.75 Å². The Morgan fingerprint density at radius 1 is 1.69 bits per heavy atom. The van der Waals surface area contributed by atoms with Gasteiger partial charge in [-0.1, -0.05) is 0 Å². The molecule has 0 saturated carbocycles. The Kier molecular flexibility index (Phi) is 4.33. The first-order valence-corrected chi connectivity index (χ1v) is 4.86. The summed E-state index contributed by atoms with van der Waals surface area (Å²) in [6, 6.07) is 1.41. The fourth-order valence-electron chi connectivity index (χ4n) is 0.443. The van der Waals surface area contributed by atoms with Gasteiger partial charge < -0.3 is 10.8 Å². The summed E-state index contributed by atoms with van der Waals surface area (Å²) in [5.74, 6) is -1.75. The van der Waals surface area contributed by atoms with Crippen LogP contribution in [0.15, 0.2) is 0 Å². The normalized spacial score (nSPS) is 13.2. The number of aliphatic hydroxyl groups is 1. The molecule has 7 nitrogen and oxygen atoms in total. The SMILES string of the molecule is N#CCS(=O)(=O)NCC(O)C(N)=O. The second-order valence-electron chi connectivity index (χ2n) is 2.18. The van der Waals surface area contributed by atoms with Crippen LogP contribution in [0.3, 0.4) is 0 Å². The summed E-state index contributed by atoms with van der Waals surface area (Å²) in [4.78, 5) is 10.2. The van der Waals surface area contributed by atoms with E-state index in [2.05, 4.69) is 5.73 Å². The lowest BCUT2D eigenvalue weighted by molar-refractivity contribution is -0.125. The zero-order valence-electron chi connectivity index (χ0n) is 6.60. The number of sulfonamides is 1. The smallest absolute Gasteiger partial charge is 0.247 e. The molecule has 0 fully saturated rings. The molecule has 0 aromatic carbocycles. The highest BCUT2D eigenvalue weighted by atomic mass is 32.2. The van der Waals surface area contributed by atoms with Gasteiger partial charge in [0.25, 0.3) is 0 Å². The number of hydrogen-bond donors (Lipinski definition) is 3. The van der Waals surface area contributed by atoms with E-state index in [4.69, 9.17) is 10.4 Å². The van der Waals surface area contributed by atoms with Crippen LogP contribution in [-0.4, -0.2) is 37.8 Å². The summed E-state index contributed by atoms with van der Waals surface area (Å²) >= 11 is 0. The van der Waals surface area contributed by atoms with E-state index in [1.54, 1.807) is 0 Å². The van der Waals surface area contributed by atoms with Crippen molar-refractivity contribution in [1.29, 1.82) is 5.26 Å². The Labute approximate surface area is 75.2 Å². The summed E-state index contributed by atoms with van der Waals surface area (Å²) in [7, 11) is -3.74. The van der Waals surface area contributed by atoms with Crippen molar-refractivity contribution in [3.8, 4) is 6.07 Å². The van der Waals surface area contributed by atoms with Gasteiger partial charge in [0.05, 0.1) is 6.07 Å². The van der Waals surface area contributed by atoms with Gasteiger partial charge in [0.2, 0.25) is 15.9 Å². The lowest BCUT2D eigenvalue weighted by Gasteiger charge is -2.06. The number of amides is 1. The van der Waals surface area contributed by atoms with Crippen LogP contribution in [0.4, 0.5) is 0 Å². The van der Waals surface area contributed by atoms with E-state index >= 15 is 0 Å². The van der Waals surface area contributed by atoms with Crippen LogP contribution in [-0.2, 0) is 14.8 Å². The average molecular weight is 207 g/mol. The first kappa shape index (κ1) is 11.8. The molecule has 0 aliphatic heterocycles. The number of nitriles is 1. The first-order valence-electron chi connectivity index (χ1n) is 3.20. The predicted molar refractivity (Wildman–Crippen MR) is 42.6 cm³/mol. The highest BCUT2D eigenvalue weighted by Gasteiger charge is 2.15. The number of rotatable bonds is 5. The number of nitrogens with one attached hydrogen (secondary N) is 1. The minimum absolute atomic E-state index is 0.515. The van der Waals surface area contributed by atoms with E-state index in [0.29, 0.717) is 0 Å². The van der Waals surface area contributed by atoms with E-state index in [1.165, 1.54) is 6.07 Å². The Morgan fingerprint density at radius 2 is 2.23 bits per heavy atom. The molecule has 13 heavy (non-hydrogen) atoms. The summed E-state index contributed by atoms with van der Waals surface area (Å²) < 4.78 is 23.4. The lowest BCUT2D eigenvalue weighted by atomic mass is 10.3. The lowest BCUT2D eigenvalue weighted by Crippen LogP contribution is -2.40. The summed E-state index contributed by atoms with van der Waals surface area (Å²) in [6.45, 7) is -0.515. The highest BCUT2D eigenvalue weighted by molar-refractivity contribution is 7.89.